The van der Waals surface area contributed by atoms with Gasteiger partial charge in [0.2, 0.25) is 5.78 Å². The second kappa shape index (κ2) is 6.31. The van der Waals surface area contributed by atoms with Crippen molar-refractivity contribution in [2.75, 3.05) is 0 Å². The number of hydrogen-bond acceptors (Lipinski definition) is 4. The molecular formula is C17H11Cl2N5O. The maximum absolute atomic E-state index is 13.0. The molecule has 0 fully saturated rings. The number of aromatic amines is 2. The molecule has 6 nitrogen and oxygen atoms in total. The van der Waals surface area contributed by atoms with Crippen molar-refractivity contribution in [2.24, 2.45) is 0 Å². The van der Waals surface area contributed by atoms with Crippen LogP contribution in [0.25, 0.3) is 10.9 Å². The Morgan fingerprint density at radius 2 is 1.80 bits per heavy atom. The van der Waals surface area contributed by atoms with Crippen LogP contribution < -0.4 is 0 Å². The molecule has 0 saturated heterocycles. The Morgan fingerprint density at radius 1 is 1.04 bits per heavy atom. The first-order valence-electron chi connectivity index (χ1n) is 7.45. The number of aromatic nitrogens is 5. The number of rotatable bonds is 4. The van der Waals surface area contributed by atoms with Crippen molar-refractivity contribution < 1.29 is 4.79 Å². The Morgan fingerprint density at radius 3 is 2.52 bits per heavy atom. The lowest BCUT2D eigenvalue weighted by Crippen LogP contribution is -2.06. The monoisotopic (exact) mass is 371 g/mol. The first kappa shape index (κ1) is 15.8. The van der Waals surface area contributed by atoms with Crippen molar-refractivity contribution in [3.05, 3.63) is 75.2 Å². The molecule has 0 aliphatic carbocycles. The Balaban J connectivity index is 1.86. The van der Waals surface area contributed by atoms with E-state index < -0.39 is 0 Å². The zero-order valence-corrected chi connectivity index (χ0v) is 14.3. The average molecular weight is 372 g/mol. The second-order valence-corrected chi connectivity index (χ2v) is 6.40. The largest absolute Gasteiger partial charge is 0.352 e. The van der Waals surface area contributed by atoms with E-state index in [1.165, 1.54) is 0 Å². The van der Waals surface area contributed by atoms with Crippen molar-refractivity contribution in [1.82, 2.24) is 25.6 Å². The first-order chi connectivity index (χ1) is 12.1. The number of hydrogen-bond donors (Lipinski definition) is 2. The molecule has 0 spiro atoms. The minimum atomic E-state index is -0.133. The lowest BCUT2D eigenvalue weighted by Gasteiger charge is -2.03. The van der Waals surface area contributed by atoms with Crippen LogP contribution in [0.5, 0.6) is 0 Å². The van der Waals surface area contributed by atoms with Gasteiger partial charge in [-0.1, -0.05) is 29.3 Å². The number of benzene rings is 2. The normalized spacial score (nSPS) is 11.1. The molecule has 0 atom stereocenters. The van der Waals surface area contributed by atoms with Crippen LogP contribution in [0.4, 0.5) is 0 Å². The third-order valence-corrected chi connectivity index (χ3v) is 4.42. The van der Waals surface area contributed by atoms with E-state index in [2.05, 4.69) is 25.6 Å². The van der Waals surface area contributed by atoms with Crippen LogP contribution in [-0.4, -0.2) is 31.4 Å². The molecule has 8 heteroatoms. The third-order valence-electron chi connectivity index (χ3n) is 3.94. The average Bonchev–Trinajstić information content (AvgIpc) is 3.23. The molecule has 2 aromatic heterocycles. The van der Waals surface area contributed by atoms with Gasteiger partial charge in [-0.3, -0.25) is 4.79 Å². The number of carbonyl (C=O) groups excluding carboxylic acids is 1. The van der Waals surface area contributed by atoms with Crippen LogP contribution in [0.1, 0.15) is 27.4 Å². The molecular weight excluding hydrogens is 361 g/mol. The van der Waals surface area contributed by atoms with Gasteiger partial charge in [-0.2, -0.15) is 0 Å². The molecule has 0 aliphatic rings. The first-order valence-corrected chi connectivity index (χ1v) is 8.20. The highest BCUT2D eigenvalue weighted by Crippen LogP contribution is 2.28. The molecule has 124 valence electrons. The van der Waals surface area contributed by atoms with Gasteiger partial charge in [-0.15, -0.1) is 5.10 Å². The molecule has 0 unspecified atom stereocenters. The van der Waals surface area contributed by atoms with Gasteiger partial charge < -0.3 is 4.98 Å². The highest BCUT2D eigenvalue weighted by Gasteiger charge is 2.20. The molecule has 4 aromatic rings. The van der Waals surface area contributed by atoms with Crippen LogP contribution in [0, 0.1) is 0 Å². The van der Waals surface area contributed by atoms with Crippen molar-refractivity contribution >= 4 is 39.9 Å². The molecule has 4 rings (SSSR count). The van der Waals surface area contributed by atoms with Gasteiger partial charge in [0, 0.05) is 32.9 Å². The van der Waals surface area contributed by atoms with Gasteiger partial charge in [0.25, 0.3) is 0 Å². The molecule has 0 aliphatic heterocycles. The fourth-order valence-corrected chi connectivity index (χ4v) is 3.07. The highest BCUT2D eigenvalue weighted by molar-refractivity contribution is 6.31. The summed E-state index contributed by atoms with van der Waals surface area (Å²) < 4.78 is 0. The summed E-state index contributed by atoms with van der Waals surface area (Å²) in [5, 5.41) is 15.9. The Labute approximate surface area is 152 Å². The number of H-pyrrole nitrogens is 2. The van der Waals surface area contributed by atoms with Crippen LogP contribution in [-0.2, 0) is 6.42 Å². The topological polar surface area (TPSA) is 87.3 Å². The minimum Gasteiger partial charge on any atom is -0.352 e. The van der Waals surface area contributed by atoms with E-state index in [4.69, 9.17) is 23.2 Å². The lowest BCUT2D eigenvalue weighted by atomic mass is 10.0. The van der Waals surface area contributed by atoms with E-state index in [1.54, 1.807) is 36.4 Å². The standard InChI is InChI=1S/C17H11Cl2N5O/c18-10-3-1-9(2-4-10)17(25)16-13(8-15-21-23-24-22-15)12-6-5-11(19)7-14(12)20-16/h1-7,20H,8H2,(H,21,22,23,24). The molecule has 25 heavy (non-hydrogen) atoms. The molecule has 0 amide bonds. The summed E-state index contributed by atoms with van der Waals surface area (Å²) in [7, 11) is 0. The predicted octanol–water partition coefficient (Wildman–Crippen LogP) is 3.81. The lowest BCUT2D eigenvalue weighted by molar-refractivity contribution is 0.103. The fourth-order valence-electron chi connectivity index (χ4n) is 2.77. The van der Waals surface area contributed by atoms with E-state index in [-0.39, 0.29) is 5.78 Å². The summed E-state index contributed by atoms with van der Waals surface area (Å²) in [4.78, 5) is 16.2. The van der Waals surface area contributed by atoms with E-state index in [0.717, 1.165) is 16.5 Å². The van der Waals surface area contributed by atoms with Crippen molar-refractivity contribution in [2.45, 2.75) is 6.42 Å². The maximum Gasteiger partial charge on any atom is 0.209 e. The molecule has 2 aromatic carbocycles. The van der Waals surface area contributed by atoms with Crippen LogP contribution in [0.15, 0.2) is 42.5 Å². The summed E-state index contributed by atoms with van der Waals surface area (Å²) in [6.07, 6.45) is 0.392. The van der Waals surface area contributed by atoms with Crippen LogP contribution in [0.2, 0.25) is 10.0 Å². The molecule has 2 heterocycles. The molecule has 0 radical (unpaired) electrons. The zero-order valence-electron chi connectivity index (χ0n) is 12.8. The van der Waals surface area contributed by atoms with Crippen molar-refractivity contribution in [1.29, 1.82) is 0 Å². The summed E-state index contributed by atoms with van der Waals surface area (Å²) in [5.41, 5.74) is 2.62. The number of tetrazole rings is 1. The highest BCUT2D eigenvalue weighted by atomic mass is 35.5. The smallest absolute Gasteiger partial charge is 0.209 e. The molecule has 0 bridgehead atoms. The van der Waals surface area contributed by atoms with Crippen molar-refractivity contribution in [3.63, 3.8) is 0 Å². The van der Waals surface area contributed by atoms with Crippen LogP contribution in [0.3, 0.4) is 0 Å². The quantitative estimate of drug-likeness (QED) is 0.534. The summed E-state index contributed by atoms with van der Waals surface area (Å²) >= 11 is 12.0. The summed E-state index contributed by atoms with van der Waals surface area (Å²) in [5.74, 6) is 0.437. The predicted molar refractivity (Wildman–Crippen MR) is 95.2 cm³/mol. The maximum atomic E-state index is 13.0. The number of ketones is 1. The van der Waals surface area contributed by atoms with Gasteiger partial charge >= 0.3 is 0 Å². The number of carbonyl (C=O) groups is 1. The summed E-state index contributed by atoms with van der Waals surface area (Å²) in [6.45, 7) is 0. The van der Waals surface area contributed by atoms with Gasteiger partial charge in [-0.05, 0) is 52.4 Å². The van der Waals surface area contributed by atoms with Crippen LogP contribution >= 0.6 is 23.2 Å². The van der Waals surface area contributed by atoms with Gasteiger partial charge in [-0.25, -0.2) is 5.10 Å². The number of nitrogens with one attached hydrogen (secondary N) is 2. The second-order valence-electron chi connectivity index (χ2n) is 5.53. The van der Waals surface area contributed by atoms with Crippen molar-refractivity contribution in [3.8, 4) is 0 Å². The number of fused-ring (bicyclic) bond motifs is 1. The third kappa shape index (κ3) is 3.01. The molecule has 2 N–H and O–H groups in total. The SMILES string of the molecule is O=C(c1ccc(Cl)cc1)c1[nH]c2cc(Cl)ccc2c1Cc1nnn[nH]1. The van der Waals surface area contributed by atoms with Gasteiger partial charge in [0.1, 0.15) is 0 Å². The van der Waals surface area contributed by atoms with Gasteiger partial charge in [0.15, 0.2) is 5.82 Å². The van der Waals surface area contributed by atoms with Gasteiger partial charge in [0.05, 0.1) is 5.69 Å². The number of halogens is 2. The van der Waals surface area contributed by atoms with E-state index in [1.807, 2.05) is 6.07 Å². The minimum absolute atomic E-state index is 0.133. The Kier molecular flexibility index (Phi) is 3.99. The van der Waals surface area contributed by atoms with E-state index >= 15 is 0 Å². The van der Waals surface area contributed by atoms with E-state index in [9.17, 15) is 4.79 Å². The summed E-state index contributed by atoms with van der Waals surface area (Å²) in [6, 6.07) is 12.2. The Hall–Kier alpha value is -2.70. The fraction of sp³-hybridized carbons (Fsp3) is 0.0588. The molecule has 0 saturated carbocycles. The Bertz CT molecular complexity index is 1050. The number of nitrogens with zero attached hydrogens (tertiary/aromatic N) is 3. The zero-order chi connectivity index (χ0) is 17.4. The van der Waals surface area contributed by atoms with E-state index in [0.29, 0.717) is 33.5 Å².